The third-order valence-corrected chi connectivity index (χ3v) is 4.67. The summed E-state index contributed by atoms with van der Waals surface area (Å²) >= 11 is 0. The van der Waals surface area contributed by atoms with Crippen LogP contribution in [0.2, 0.25) is 0 Å². The monoisotopic (exact) mass is 303 g/mol. The average Bonchev–Trinajstić information content (AvgIpc) is 2.94. The van der Waals surface area contributed by atoms with Gasteiger partial charge in [0.25, 0.3) is 0 Å². The highest BCUT2D eigenvalue weighted by Crippen LogP contribution is 2.30. The molecule has 118 valence electrons. The number of hydrogen-bond donors (Lipinski definition) is 1. The summed E-state index contributed by atoms with van der Waals surface area (Å²) in [5.41, 5.74) is 1.30. The number of carbonyl (C=O) groups excluding carboxylic acids is 1. The maximum atomic E-state index is 12.5. The lowest BCUT2D eigenvalue weighted by molar-refractivity contribution is -0.153. The van der Waals surface area contributed by atoms with Gasteiger partial charge in [-0.05, 0) is 37.0 Å². The fourth-order valence-electron chi connectivity index (χ4n) is 3.26. The molecule has 5 heteroatoms. The van der Waals surface area contributed by atoms with Crippen molar-refractivity contribution in [1.29, 1.82) is 0 Å². The summed E-state index contributed by atoms with van der Waals surface area (Å²) in [7, 11) is 0. The molecule has 3 rings (SSSR count). The van der Waals surface area contributed by atoms with E-state index in [9.17, 15) is 14.7 Å². The van der Waals surface area contributed by atoms with Crippen LogP contribution < -0.4 is 4.74 Å². The van der Waals surface area contributed by atoms with Crippen LogP contribution in [-0.2, 0) is 22.4 Å². The van der Waals surface area contributed by atoms with E-state index in [-0.39, 0.29) is 5.91 Å². The Kier molecular flexibility index (Phi) is 3.81. The van der Waals surface area contributed by atoms with Gasteiger partial charge in [0.05, 0.1) is 18.4 Å². The second kappa shape index (κ2) is 5.63. The predicted molar refractivity (Wildman–Crippen MR) is 80.9 cm³/mol. The number of carbonyl (C=O) groups is 2. The average molecular weight is 303 g/mol. The van der Waals surface area contributed by atoms with Crippen molar-refractivity contribution >= 4 is 11.9 Å². The lowest BCUT2D eigenvalue weighted by atomic mass is 9.82. The number of benzene rings is 1. The number of ether oxygens (including phenoxy) is 1. The standard InChI is InChI=1S/C17H21NO4/c1-17(16(20)21)6-2-7-18(11-17)15(19)10-12-3-4-14-13(9-12)5-8-22-14/h3-4,9H,2,5-8,10-11H2,1H3,(H,20,21). The van der Waals surface area contributed by atoms with Crippen LogP contribution in [0.1, 0.15) is 30.9 Å². The van der Waals surface area contributed by atoms with Gasteiger partial charge in [-0.15, -0.1) is 0 Å². The van der Waals surface area contributed by atoms with Gasteiger partial charge < -0.3 is 14.7 Å². The second-order valence-electron chi connectivity index (χ2n) is 6.50. The van der Waals surface area contributed by atoms with E-state index in [1.165, 1.54) is 0 Å². The van der Waals surface area contributed by atoms with Gasteiger partial charge >= 0.3 is 5.97 Å². The van der Waals surface area contributed by atoms with Crippen molar-refractivity contribution in [3.63, 3.8) is 0 Å². The van der Waals surface area contributed by atoms with E-state index in [4.69, 9.17) is 4.74 Å². The van der Waals surface area contributed by atoms with Crippen molar-refractivity contribution in [2.45, 2.75) is 32.6 Å². The Morgan fingerprint density at radius 3 is 3.00 bits per heavy atom. The zero-order chi connectivity index (χ0) is 15.7. The van der Waals surface area contributed by atoms with Crippen molar-refractivity contribution in [3.8, 4) is 5.75 Å². The largest absolute Gasteiger partial charge is 0.493 e. The second-order valence-corrected chi connectivity index (χ2v) is 6.50. The minimum absolute atomic E-state index is 0.00559. The number of nitrogens with zero attached hydrogens (tertiary/aromatic N) is 1. The molecule has 2 aliphatic rings. The Morgan fingerprint density at radius 1 is 1.41 bits per heavy atom. The van der Waals surface area contributed by atoms with Crippen LogP contribution in [-0.4, -0.2) is 41.6 Å². The Labute approximate surface area is 129 Å². The number of likely N-dealkylation sites (tertiary alicyclic amines) is 1. The number of piperidine rings is 1. The SMILES string of the molecule is CC1(C(=O)O)CCCN(C(=O)Cc2ccc3c(c2)CCO3)C1. The predicted octanol–water partition coefficient (Wildman–Crippen LogP) is 1.88. The number of hydrogen-bond acceptors (Lipinski definition) is 3. The molecule has 5 nitrogen and oxygen atoms in total. The van der Waals surface area contributed by atoms with Crippen LogP contribution in [0.15, 0.2) is 18.2 Å². The summed E-state index contributed by atoms with van der Waals surface area (Å²) in [5.74, 6) is 0.0957. The van der Waals surface area contributed by atoms with E-state index in [2.05, 4.69) is 0 Å². The topological polar surface area (TPSA) is 66.8 Å². The molecule has 0 aromatic heterocycles. The molecule has 0 bridgehead atoms. The smallest absolute Gasteiger partial charge is 0.311 e. The summed E-state index contributed by atoms with van der Waals surface area (Å²) < 4.78 is 5.47. The lowest BCUT2D eigenvalue weighted by Crippen LogP contribution is -2.48. The van der Waals surface area contributed by atoms with Crippen molar-refractivity contribution < 1.29 is 19.4 Å². The van der Waals surface area contributed by atoms with E-state index in [1.54, 1.807) is 11.8 Å². The number of rotatable bonds is 3. The first-order chi connectivity index (χ1) is 10.5. The van der Waals surface area contributed by atoms with Crippen LogP contribution in [0.5, 0.6) is 5.75 Å². The number of aliphatic carboxylic acids is 1. The van der Waals surface area contributed by atoms with Crippen LogP contribution >= 0.6 is 0 Å². The Bertz CT molecular complexity index is 613. The van der Waals surface area contributed by atoms with Gasteiger partial charge in [0, 0.05) is 19.5 Å². The lowest BCUT2D eigenvalue weighted by Gasteiger charge is -2.37. The van der Waals surface area contributed by atoms with Gasteiger partial charge in [-0.25, -0.2) is 0 Å². The molecule has 1 N–H and O–H groups in total. The van der Waals surface area contributed by atoms with Crippen molar-refractivity contribution in [1.82, 2.24) is 4.90 Å². The molecule has 1 aromatic rings. The van der Waals surface area contributed by atoms with Crippen LogP contribution in [0.4, 0.5) is 0 Å². The van der Waals surface area contributed by atoms with E-state index in [1.807, 2.05) is 18.2 Å². The summed E-state index contributed by atoms with van der Waals surface area (Å²) in [6, 6.07) is 5.87. The number of fused-ring (bicyclic) bond motifs is 1. The Balaban J connectivity index is 1.68. The molecule has 1 unspecified atom stereocenters. The van der Waals surface area contributed by atoms with E-state index < -0.39 is 11.4 Å². The molecule has 0 spiro atoms. The van der Waals surface area contributed by atoms with Gasteiger partial charge in [0.1, 0.15) is 5.75 Å². The van der Waals surface area contributed by atoms with Crippen LogP contribution in [0.25, 0.3) is 0 Å². The Hall–Kier alpha value is -2.04. The highest BCUT2D eigenvalue weighted by atomic mass is 16.5. The molecular formula is C17H21NO4. The quantitative estimate of drug-likeness (QED) is 0.926. The van der Waals surface area contributed by atoms with Gasteiger partial charge in [0.15, 0.2) is 0 Å². The summed E-state index contributed by atoms with van der Waals surface area (Å²) in [6.45, 7) is 3.38. The normalized spacial score (nSPS) is 23.8. The molecule has 0 radical (unpaired) electrons. The molecule has 0 aliphatic carbocycles. The molecule has 1 fully saturated rings. The summed E-state index contributed by atoms with van der Waals surface area (Å²) in [6.07, 6.45) is 2.58. The number of carboxylic acid groups (broad SMARTS) is 1. The van der Waals surface area contributed by atoms with Crippen molar-refractivity contribution in [2.24, 2.45) is 5.41 Å². The maximum Gasteiger partial charge on any atom is 0.311 e. The zero-order valence-corrected chi connectivity index (χ0v) is 12.8. The molecular weight excluding hydrogens is 282 g/mol. The summed E-state index contributed by atoms with van der Waals surface area (Å²) in [4.78, 5) is 25.6. The first-order valence-electron chi connectivity index (χ1n) is 7.74. The third kappa shape index (κ3) is 2.80. The number of carboxylic acids is 1. The minimum atomic E-state index is -0.820. The molecule has 1 aromatic carbocycles. The fraction of sp³-hybridized carbons (Fsp3) is 0.529. The van der Waals surface area contributed by atoms with Gasteiger partial charge in [-0.2, -0.15) is 0 Å². The molecule has 22 heavy (non-hydrogen) atoms. The number of amides is 1. The van der Waals surface area contributed by atoms with Gasteiger partial charge in [0.2, 0.25) is 5.91 Å². The summed E-state index contributed by atoms with van der Waals surface area (Å²) in [5, 5.41) is 9.34. The zero-order valence-electron chi connectivity index (χ0n) is 12.8. The molecule has 0 saturated carbocycles. The van der Waals surface area contributed by atoms with E-state index in [0.717, 1.165) is 29.7 Å². The molecule has 1 atom stereocenters. The molecule has 2 aliphatic heterocycles. The van der Waals surface area contributed by atoms with Crippen LogP contribution in [0.3, 0.4) is 0 Å². The van der Waals surface area contributed by atoms with E-state index in [0.29, 0.717) is 32.5 Å². The first-order valence-corrected chi connectivity index (χ1v) is 7.74. The highest BCUT2D eigenvalue weighted by Gasteiger charge is 2.39. The van der Waals surface area contributed by atoms with Crippen molar-refractivity contribution in [3.05, 3.63) is 29.3 Å². The van der Waals surface area contributed by atoms with Crippen LogP contribution in [0, 0.1) is 5.41 Å². The van der Waals surface area contributed by atoms with E-state index >= 15 is 0 Å². The first kappa shape index (κ1) is 14.9. The van der Waals surface area contributed by atoms with Gasteiger partial charge in [-0.1, -0.05) is 12.1 Å². The fourth-order valence-corrected chi connectivity index (χ4v) is 3.26. The maximum absolute atomic E-state index is 12.5. The van der Waals surface area contributed by atoms with Crippen molar-refractivity contribution in [2.75, 3.05) is 19.7 Å². The molecule has 1 amide bonds. The third-order valence-electron chi connectivity index (χ3n) is 4.67. The minimum Gasteiger partial charge on any atom is -0.493 e. The molecule has 2 heterocycles. The highest BCUT2D eigenvalue weighted by molar-refractivity contribution is 5.81. The molecule has 1 saturated heterocycles. The Morgan fingerprint density at radius 2 is 2.23 bits per heavy atom. The van der Waals surface area contributed by atoms with Gasteiger partial charge in [-0.3, -0.25) is 9.59 Å².